The Hall–Kier alpha value is -1.30. The van der Waals surface area contributed by atoms with Gasteiger partial charge in [0.25, 0.3) is 0 Å². The lowest BCUT2D eigenvalue weighted by molar-refractivity contribution is -0.141. The Bertz CT molecular complexity index is 335. The molecule has 0 heterocycles. The first-order valence-corrected chi connectivity index (χ1v) is 6.76. The van der Waals surface area contributed by atoms with E-state index in [2.05, 4.69) is 10.6 Å². The Morgan fingerprint density at radius 3 is 2.15 bits per heavy atom. The number of methoxy groups -OCH3 is 1. The first-order chi connectivity index (χ1) is 8.99. The van der Waals surface area contributed by atoms with E-state index in [1.165, 1.54) is 0 Å². The summed E-state index contributed by atoms with van der Waals surface area (Å²) in [6, 6.07) is -1.39. The van der Waals surface area contributed by atoms with E-state index in [4.69, 9.17) is 9.84 Å². The zero-order valence-corrected chi connectivity index (χ0v) is 13.4. The lowest BCUT2D eigenvalue weighted by Crippen LogP contribution is -2.53. The van der Waals surface area contributed by atoms with E-state index in [1.54, 1.807) is 27.9 Å². The van der Waals surface area contributed by atoms with Gasteiger partial charge in [-0.2, -0.15) is 0 Å². The van der Waals surface area contributed by atoms with Crippen molar-refractivity contribution >= 4 is 12.0 Å². The van der Waals surface area contributed by atoms with E-state index < -0.39 is 23.5 Å². The number of urea groups is 1. The fraction of sp³-hybridized carbons (Fsp3) is 0.857. The summed E-state index contributed by atoms with van der Waals surface area (Å²) in [6.45, 7) is 10.4. The highest BCUT2D eigenvalue weighted by Crippen LogP contribution is 2.20. The first-order valence-electron chi connectivity index (χ1n) is 6.76. The summed E-state index contributed by atoms with van der Waals surface area (Å²) in [5.74, 6) is -1.04. The number of hydrogen-bond donors (Lipinski definition) is 3. The molecule has 0 aliphatic carbocycles. The predicted octanol–water partition coefficient (Wildman–Crippen LogP) is 1.85. The van der Waals surface area contributed by atoms with Crippen LogP contribution in [0.3, 0.4) is 0 Å². The van der Waals surface area contributed by atoms with Crippen LogP contribution in [0, 0.1) is 10.8 Å². The first kappa shape index (κ1) is 18.7. The monoisotopic (exact) mass is 288 g/mol. The molecule has 0 radical (unpaired) electrons. The molecule has 0 aliphatic heterocycles. The summed E-state index contributed by atoms with van der Waals surface area (Å²) in [4.78, 5) is 23.0. The van der Waals surface area contributed by atoms with Gasteiger partial charge in [-0.05, 0) is 17.3 Å². The molecule has 0 saturated heterocycles. The summed E-state index contributed by atoms with van der Waals surface area (Å²) in [7, 11) is 1.64. The Labute approximate surface area is 121 Å². The molecule has 6 heteroatoms. The van der Waals surface area contributed by atoms with Gasteiger partial charge in [-0.25, -0.2) is 9.59 Å². The van der Waals surface area contributed by atoms with Gasteiger partial charge in [0, 0.05) is 20.3 Å². The number of rotatable bonds is 7. The molecule has 0 saturated carbocycles. The van der Waals surface area contributed by atoms with Crippen LogP contribution in [0.25, 0.3) is 0 Å². The Balaban J connectivity index is 4.38. The fourth-order valence-electron chi connectivity index (χ4n) is 1.62. The van der Waals surface area contributed by atoms with Gasteiger partial charge >= 0.3 is 12.0 Å². The molecule has 1 unspecified atom stereocenters. The van der Waals surface area contributed by atoms with E-state index in [-0.39, 0.29) is 5.41 Å². The van der Waals surface area contributed by atoms with Crippen LogP contribution in [0.4, 0.5) is 4.79 Å². The standard InChI is InChI=1S/C14H28N2O4/c1-13(2,3)10(11(17)18)16-12(19)15-9-14(4,5)7-8-20-6/h10H,7-9H2,1-6H3,(H,17,18)(H2,15,16,19). The highest BCUT2D eigenvalue weighted by atomic mass is 16.5. The Kier molecular flexibility index (Phi) is 6.99. The molecule has 2 amide bonds. The van der Waals surface area contributed by atoms with Gasteiger partial charge in [0.2, 0.25) is 0 Å². The second kappa shape index (κ2) is 7.47. The maximum Gasteiger partial charge on any atom is 0.326 e. The minimum Gasteiger partial charge on any atom is -0.480 e. The third kappa shape index (κ3) is 7.33. The molecule has 0 bridgehead atoms. The van der Waals surface area contributed by atoms with Crippen molar-refractivity contribution in [1.29, 1.82) is 0 Å². The van der Waals surface area contributed by atoms with E-state index in [9.17, 15) is 9.59 Å². The van der Waals surface area contributed by atoms with Crippen LogP contribution in [-0.4, -0.2) is 43.4 Å². The van der Waals surface area contributed by atoms with Crippen molar-refractivity contribution in [2.45, 2.75) is 47.1 Å². The smallest absolute Gasteiger partial charge is 0.326 e. The molecule has 0 fully saturated rings. The van der Waals surface area contributed by atoms with Gasteiger partial charge in [0.1, 0.15) is 6.04 Å². The average Bonchev–Trinajstić information content (AvgIpc) is 2.29. The number of nitrogens with one attached hydrogen (secondary N) is 2. The van der Waals surface area contributed by atoms with Crippen molar-refractivity contribution in [3.8, 4) is 0 Å². The van der Waals surface area contributed by atoms with Crippen LogP contribution in [0.2, 0.25) is 0 Å². The fourth-order valence-corrected chi connectivity index (χ4v) is 1.62. The molecule has 3 N–H and O–H groups in total. The van der Waals surface area contributed by atoms with Crippen LogP contribution in [0.15, 0.2) is 0 Å². The zero-order valence-electron chi connectivity index (χ0n) is 13.4. The summed E-state index contributed by atoms with van der Waals surface area (Å²) in [5.41, 5.74) is -0.650. The number of hydrogen-bond acceptors (Lipinski definition) is 3. The molecule has 0 aromatic carbocycles. The van der Waals surface area contributed by atoms with Crippen LogP contribution in [0.1, 0.15) is 41.0 Å². The van der Waals surface area contributed by atoms with Crippen LogP contribution >= 0.6 is 0 Å². The molecular formula is C14H28N2O4. The number of ether oxygens (including phenoxy) is 1. The second-order valence-corrected chi connectivity index (χ2v) is 6.87. The van der Waals surface area contributed by atoms with Crippen molar-refractivity contribution in [3.63, 3.8) is 0 Å². The molecule has 0 spiro atoms. The SMILES string of the molecule is COCCC(C)(C)CNC(=O)NC(C(=O)O)C(C)(C)C. The third-order valence-electron chi connectivity index (χ3n) is 3.10. The summed E-state index contributed by atoms with van der Waals surface area (Å²) in [5, 5.41) is 14.4. The Morgan fingerprint density at radius 2 is 1.75 bits per heavy atom. The summed E-state index contributed by atoms with van der Waals surface area (Å²) >= 11 is 0. The zero-order chi connectivity index (χ0) is 16.0. The second-order valence-electron chi connectivity index (χ2n) is 6.87. The maximum absolute atomic E-state index is 11.8. The lowest BCUT2D eigenvalue weighted by Gasteiger charge is -2.29. The summed E-state index contributed by atoms with van der Waals surface area (Å²) in [6.07, 6.45) is 0.811. The number of amides is 2. The normalized spacial score (nSPS) is 13.7. The van der Waals surface area contributed by atoms with E-state index in [0.717, 1.165) is 6.42 Å². The van der Waals surface area contributed by atoms with Crippen molar-refractivity contribution in [2.24, 2.45) is 10.8 Å². The molecule has 0 rings (SSSR count). The van der Waals surface area contributed by atoms with Gasteiger partial charge in [-0.3, -0.25) is 0 Å². The van der Waals surface area contributed by atoms with Crippen LogP contribution in [-0.2, 0) is 9.53 Å². The van der Waals surface area contributed by atoms with Gasteiger partial charge in [0.05, 0.1) is 0 Å². The topological polar surface area (TPSA) is 87.7 Å². The molecule has 0 aromatic heterocycles. The molecular weight excluding hydrogens is 260 g/mol. The maximum atomic E-state index is 11.8. The lowest BCUT2D eigenvalue weighted by atomic mass is 9.87. The van der Waals surface area contributed by atoms with E-state index in [1.807, 2.05) is 13.8 Å². The quantitative estimate of drug-likeness (QED) is 0.667. The number of carboxylic acids is 1. The highest BCUT2D eigenvalue weighted by Gasteiger charge is 2.32. The molecule has 0 aromatic rings. The Morgan fingerprint density at radius 1 is 1.20 bits per heavy atom. The molecule has 20 heavy (non-hydrogen) atoms. The number of aliphatic carboxylic acids is 1. The van der Waals surface area contributed by atoms with Crippen molar-refractivity contribution < 1.29 is 19.4 Å². The van der Waals surface area contributed by atoms with Crippen LogP contribution in [0.5, 0.6) is 0 Å². The van der Waals surface area contributed by atoms with Crippen LogP contribution < -0.4 is 10.6 Å². The van der Waals surface area contributed by atoms with Gasteiger partial charge in [-0.1, -0.05) is 34.6 Å². The average molecular weight is 288 g/mol. The van der Waals surface area contributed by atoms with Gasteiger partial charge in [-0.15, -0.1) is 0 Å². The molecule has 6 nitrogen and oxygen atoms in total. The molecule has 1 atom stereocenters. The van der Waals surface area contributed by atoms with Gasteiger partial charge < -0.3 is 20.5 Å². The van der Waals surface area contributed by atoms with E-state index >= 15 is 0 Å². The summed E-state index contributed by atoms with van der Waals surface area (Å²) < 4.78 is 5.02. The number of carbonyl (C=O) groups excluding carboxylic acids is 1. The number of carbonyl (C=O) groups is 2. The van der Waals surface area contributed by atoms with Crippen molar-refractivity contribution in [1.82, 2.24) is 10.6 Å². The number of carboxylic acid groups (broad SMARTS) is 1. The highest BCUT2D eigenvalue weighted by molar-refractivity contribution is 5.83. The van der Waals surface area contributed by atoms with E-state index in [0.29, 0.717) is 13.2 Å². The predicted molar refractivity (Wildman–Crippen MR) is 77.7 cm³/mol. The third-order valence-corrected chi connectivity index (χ3v) is 3.10. The molecule has 0 aliphatic rings. The van der Waals surface area contributed by atoms with Crippen molar-refractivity contribution in [3.05, 3.63) is 0 Å². The largest absolute Gasteiger partial charge is 0.480 e. The van der Waals surface area contributed by atoms with Crippen molar-refractivity contribution in [2.75, 3.05) is 20.3 Å². The minimum absolute atomic E-state index is 0.103. The minimum atomic E-state index is -1.04. The van der Waals surface area contributed by atoms with Gasteiger partial charge in [0.15, 0.2) is 0 Å². The molecule has 118 valence electrons.